The van der Waals surface area contributed by atoms with E-state index in [0.717, 1.165) is 17.7 Å². The normalized spacial score (nSPS) is 12.7. The average molecular weight is 298 g/mol. The standard InChI is InChI=1S/C15H26N2O2S/c1-6-16-10-13-9-14(8-7-12(13)2)20(18,19)17-11-15(3,4)5/h7-9,16-17H,6,10-11H2,1-5H3. The van der Waals surface area contributed by atoms with Gasteiger partial charge in [0.2, 0.25) is 10.0 Å². The third-order valence-corrected chi connectivity index (χ3v) is 4.39. The van der Waals surface area contributed by atoms with E-state index in [1.807, 2.05) is 40.7 Å². The van der Waals surface area contributed by atoms with Gasteiger partial charge in [0.15, 0.2) is 0 Å². The van der Waals surface area contributed by atoms with Crippen molar-refractivity contribution in [3.05, 3.63) is 29.3 Å². The summed E-state index contributed by atoms with van der Waals surface area (Å²) in [5.74, 6) is 0. The van der Waals surface area contributed by atoms with Crippen LogP contribution in [0.15, 0.2) is 23.1 Å². The molecule has 0 saturated heterocycles. The number of sulfonamides is 1. The summed E-state index contributed by atoms with van der Waals surface area (Å²) in [6.45, 7) is 12.0. The Labute approximate surface area is 123 Å². The Bertz CT molecular complexity index is 545. The van der Waals surface area contributed by atoms with E-state index >= 15 is 0 Å². The van der Waals surface area contributed by atoms with E-state index < -0.39 is 10.0 Å². The van der Waals surface area contributed by atoms with Crippen LogP contribution in [0.1, 0.15) is 38.8 Å². The molecule has 1 aromatic rings. The van der Waals surface area contributed by atoms with E-state index in [-0.39, 0.29) is 5.41 Å². The van der Waals surface area contributed by atoms with Gasteiger partial charge in [-0.3, -0.25) is 0 Å². The van der Waals surface area contributed by atoms with E-state index in [0.29, 0.717) is 18.0 Å². The van der Waals surface area contributed by atoms with Crippen molar-refractivity contribution in [3.63, 3.8) is 0 Å². The van der Waals surface area contributed by atoms with Gasteiger partial charge in [0.25, 0.3) is 0 Å². The van der Waals surface area contributed by atoms with Gasteiger partial charge < -0.3 is 5.32 Å². The van der Waals surface area contributed by atoms with Gasteiger partial charge in [0.05, 0.1) is 4.90 Å². The Hall–Kier alpha value is -0.910. The van der Waals surface area contributed by atoms with Gasteiger partial charge in [0, 0.05) is 13.1 Å². The first-order chi connectivity index (χ1) is 9.15. The van der Waals surface area contributed by atoms with E-state index in [1.54, 1.807) is 12.1 Å². The van der Waals surface area contributed by atoms with Crippen LogP contribution in [-0.4, -0.2) is 21.5 Å². The van der Waals surface area contributed by atoms with Gasteiger partial charge in [-0.05, 0) is 42.1 Å². The molecule has 0 atom stereocenters. The minimum atomic E-state index is -3.44. The fourth-order valence-electron chi connectivity index (χ4n) is 1.66. The zero-order valence-electron chi connectivity index (χ0n) is 13.1. The average Bonchev–Trinajstić information content (AvgIpc) is 2.34. The summed E-state index contributed by atoms with van der Waals surface area (Å²) >= 11 is 0. The molecule has 5 heteroatoms. The van der Waals surface area contributed by atoms with E-state index in [2.05, 4.69) is 10.0 Å². The monoisotopic (exact) mass is 298 g/mol. The molecule has 1 aromatic carbocycles. The lowest BCUT2D eigenvalue weighted by Gasteiger charge is -2.19. The summed E-state index contributed by atoms with van der Waals surface area (Å²) < 4.78 is 27.2. The molecule has 0 amide bonds. The first-order valence-corrected chi connectivity index (χ1v) is 8.44. The van der Waals surface area contributed by atoms with Crippen LogP contribution >= 0.6 is 0 Å². The molecule has 0 spiro atoms. The van der Waals surface area contributed by atoms with Crippen molar-refractivity contribution >= 4 is 10.0 Å². The lowest BCUT2D eigenvalue weighted by atomic mass is 9.98. The van der Waals surface area contributed by atoms with Crippen molar-refractivity contribution < 1.29 is 8.42 Å². The van der Waals surface area contributed by atoms with Crippen molar-refractivity contribution in [2.75, 3.05) is 13.1 Å². The van der Waals surface area contributed by atoms with Crippen LogP contribution in [0.3, 0.4) is 0 Å². The minimum Gasteiger partial charge on any atom is -0.313 e. The van der Waals surface area contributed by atoms with Crippen molar-refractivity contribution in [2.24, 2.45) is 5.41 Å². The number of hydrogen-bond acceptors (Lipinski definition) is 3. The quantitative estimate of drug-likeness (QED) is 0.848. The highest BCUT2D eigenvalue weighted by Crippen LogP contribution is 2.17. The fraction of sp³-hybridized carbons (Fsp3) is 0.600. The summed E-state index contributed by atoms with van der Waals surface area (Å²) in [5, 5.41) is 3.23. The molecule has 114 valence electrons. The number of hydrogen-bond donors (Lipinski definition) is 2. The highest BCUT2D eigenvalue weighted by atomic mass is 32.2. The summed E-state index contributed by atoms with van der Waals surface area (Å²) in [6.07, 6.45) is 0. The van der Waals surface area contributed by atoms with Gasteiger partial charge in [-0.15, -0.1) is 0 Å². The molecule has 0 bridgehead atoms. The van der Waals surface area contributed by atoms with Gasteiger partial charge in [-0.1, -0.05) is 33.8 Å². The number of nitrogens with one attached hydrogen (secondary N) is 2. The summed E-state index contributed by atoms with van der Waals surface area (Å²) in [4.78, 5) is 0.334. The van der Waals surface area contributed by atoms with Crippen LogP contribution in [-0.2, 0) is 16.6 Å². The zero-order valence-corrected chi connectivity index (χ0v) is 13.9. The maximum atomic E-state index is 12.3. The highest BCUT2D eigenvalue weighted by molar-refractivity contribution is 7.89. The largest absolute Gasteiger partial charge is 0.313 e. The van der Waals surface area contributed by atoms with Gasteiger partial charge in [0.1, 0.15) is 0 Å². The molecule has 2 N–H and O–H groups in total. The first kappa shape index (κ1) is 17.1. The molecule has 0 radical (unpaired) electrons. The molecule has 0 aliphatic carbocycles. The predicted octanol–water partition coefficient (Wildman–Crippen LogP) is 2.43. The molecular weight excluding hydrogens is 272 g/mol. The Balaban J connectivity index is 2.95. The number of aryl methyl sites for hydroxylation is 1. The van der Waals surface area contributed by atoms with E-state index in [4.69, 9.17) is 0 Å². The van der Waals surface area contributed by atoms with Gasteiger partial charge in [-0.25, -0.2) is 13.1 Å². The molecule has 0 saturated carbocycles. The van der Waals surface area contributed by atoms with Crippen molar-refractivity contribution in [1.82, 2.24) is 10.0 Å². The fourth-order valence-corrected chi connectivity index (χ4v) is 2.99. The third kappa shape index (κ3) is 5.23. The molecule has 20 heavy (non-hydrogen) atoms. The molecule has 0 fully saturated rings. The smallest absolute Gasteiger partial charge is 0.240 e. The topological polar surface area (TPSA) is 58.2 Å². The lowest BCUT2D eigenvalue weighted by molar-refractivity contribution is 0.407. The Morgan fingerprint density at radius 1 is 1.20 bits per heavy atom. The predicted molar refractivity (Wildman–Crippen MR) is 83.2 cm³/mol. The van der Waals surface area contributed by atoms with E-state index in [9.17, 15) is 8.42 Å². The summed E-state index contributed by atoms with van der Waals surface area (Å²) in [5.41, 5.74) is 2.04. The molecule has 4 nitrogen and oxygen atoms in total. The van der Waals surface area contributed by atoms with Gasteiger partial charge >= 0.3 is 0 Å². The molecular formula is C15H26N2O2S. The van der Waals surface area contributed by atoms with Crippen LogP contribution < -0.4 is 10.0 Å². The second kappa shape index (κ2) is 6.70. The first-order valence-electron chi connectivity index (χ1n) is 6.95. The molecule has 1 rings (SSSR count). The minimum absolute atomic E-state index is 0.0790. The Kier molecular flexibility index (Phi) is 5.74. The van der Waals surface area contributed by atoms with E-state index in [1.165, 1.54) is 0 Å². The second-order valence-electron chi connectivity index (χ2n) is 6.25. The van der Waals surface area contributed by atoms with Crippen molar-refractivity contribution in [1.29, 1.82) is 0 Å². The molecule has 0 aliphatic heterocycles. The second-order valence-corrected chi connectivity index (χ2v) is 8.02. The summed E-state index contributed by atoms with van der Waals surface area (Å²) in [6, 6.07) is 5.27. The Morgan fingerprint density at radius 3 is 2.40 bits per heavy atom. The zero-order chi connectivity index (χ0) is 15.4. The van der Waals surface area contributed by atoms with Crippen molar-refractivity contribution in [3.8, 4) is 0 Å². The van der Waals surface area contributed by atoms with Gasteiger partial charge in [-0.2, -0.15) is 0 Å². The highest BCUT2D eigenvalue weighted by Gasteiger charge is 2.19. The van der Waals surface area contributed by atoms with Crippen molar-refractivity contribution in [2.45, 2.75) is 46.1 Å². The maximum absolute atomic E-state index is 12.3. The van der Waals surface area contributed by atoms with Crippen LogP contribution in [0.5, 0.6) is 0 Å². The van der Waals surface area contributed by atoms with Crippen LogP contribution in [0.25, 0.3) is 0 Å². The molecule has 0 unspecified atom stereocenters. The molecule has 0 aromatic heterocycles. The van der Waals surface area contributed by atoms with Crippen LogP contribution in [0, 0.1) is 12.3 Å². The Morgan fingerprint density at radius 2 is 1.85 bits per heavy atom. The van der Waals surface area contributed by atoms with Crippen LogP contribution in [0.4, 0.5) is 0 Å². The SMILES string of the molecule is CCNCc1cc(S(=O)(=O)NCC(C)(C)C)ccc1C. The maximum Gasteiger partial charge on any atom is 0.240 e. The number of rotatable bonds is 6. The molecule has 0 heterocycles. The lowest BCUT2D eigenvalue weighted by Crippen LogP contribution is -2.32. The summed E-state index contributed by atoms with van der Waals surface area (Å²) in [7, 11) is -3.44. The number of benzene rings is 1. The third-order valence-electron chi connectivity index (χ3n) is 2.99. The molecule has 0 aliphatic rings. The van der Waals surface area contributed by atoms with Crippen LogP contribution in [0.2, 0.25) is 0 Å².